The van der Waals surface area contributed by atoms with E-state index in [0.29, 0.717) is 0 Å². The quantitative estimate of drug-likeness (QED) is 0.667. The van der Waals surface area contributed by atoms with Crippen molar-refractivity contribution in [3.05, 3.63) is 42.7 Å². The van der Waals surface area contributed by atoms with Gasteiger partial charge in [0.2, 0.25) is 0 Å². The molecule has 2 aromatic rings. The minimum atomic E-state index is 0.800. The molecule has 0 fully saturated rings. The molecule has 0 aliphatic rings. The first-order valence-electron chi connectivity index (χ1n) is 3.94. The fourth-order valence-corrected chi connectivity index (χ4v) is 1.24. The van der Waals surface area contributed by atoms with Gasteiger partial charge in [-0.25, -0.2) is 4.98 Å². The Morgan fingerprint density at radius 1 is 1.42 bits per heavy atom. The maximum atomic E-state index is 4.38. The Morgan fingerprint density at radius 2 is 2.25 bits per heavy atom. The Labute approximate surface area is 70.9 Å². The van der Waals surface area contributed by atoms with Crippen LogP contribution in [0, 0.1) is 0 Å². The standard InChI is InChI=1S/C10H10N2/c1-2-5-10-11-8-6-3-4-7-9(8)12-10/h2-4,6-7H,1,5H2,(H,11,12). The van der Waals surface area contributed by atoms with Gasteiger partial charge in [0, 0.05) is 6.42 Å². The lowest BCUT2D eigenvalue weighted by molar-refractivity contribution is 1.07. The number of para-hydroxylation sites is 2. The van der Waals surface area contributed by atoms with Gasteiger partial charge in [0.1, 0.15) is 5.82 Å². The predicted molar refractivity (Wildman–Crippen MR) is 50.0 cm³/mol. The minimum Gasteiger partial charge on any atom is -0.342 e. The van der Waals surface area contributed by atoms with E-state index in [9.17, 15) is 0 Å². The van der Waals surface area contributed by atoms with Crippen LogP contribution in [-0.2, 0) is 6.42 Å². The van der Waals surface area contributed by atoms with Crippen LogP contribution in [0.1, 0.15) is 5.82 Å². The lowest BCUT2D eigenvalue weighted by atomic mass is 10.3. The lowest BCUT2D eigenvalue weighted by Gasteiger charge is -1.83. The zero-order valence-electron chi connectivity index (χ0n) is 6.75. The van der Waals surface area contributed by atoms with Crippen molar-refractivity contribution >= 4 is 11.0 Å². The number of hydrogen-bond acceptors (Lipinski definition) is 1. The van der Waals surface area contributed by atoms with E-state index >= 15 is 0 Å². The van der Waals surface area contributed by atoms with Crippen LogP contribution >= 0.6 is 0 Å². The maximum Gasteiger partial charge on any atom is 0.111 e. The van der Waals surface area contributed by atoms with Crippen LogP contribution in [-0.4, -0.2) is 9.97 Å². The van der Waals surface area contributed by atoms with Crippen LogP contribution in [0.4, 0.5) is 0 Å². The molecule has 0 spiro atoms. The smallest absolute Gasteiger partial charge is 0.111 e. The van der Waals surface area contributed by atoms with E-state index in [0.717, 1.165) is 23.3 Å². The van der Waals surface area contributed by atoms with Gasteiger partial charge >= 0.3 is 0 Å². The monoisotopic (exact) mass is 158 g/mol. The van der Waals surface area contributed by atoms with Crippen LogP contribution < -0.4 is 0 Å². The van der Waals surface area contributed by atoms with E-state index in [4.69, 9.17) is 0 Å². The molecule has 0 unspecified atom stereocenters. The Bertz CT molecular complexity index is 368. The summed E-state index contributed by atoms with van der Waals surface area (Å²) in [6.45, 7) is 3.67. The molecular formula is C10H10N2. The highest BCUT2D eigenvalue weighted by Crippen LogP contribution is 2.10. The third kappa shape index (κ3) is 1.11. The first kappa shape index (κ1) is 7.10. The molecule has 0 amide bonds. The molecule has 0 aliphatic heterocycles. The number of H-pyrrole nitrogens is 1. The van der Waals surface area contributed by atoms with Crippen molar-refractivity contribution < 1.29 is 0 Å². The van der Waals surface area contributed by atoms with Crippen molar-refractivity contribution in [2.75, 3.05) is 0 Å². The number of nitrogens with one attached hydrogen (secondary N) is 1. The zero-order chi connectivity index (χ0) is 8.39. The average Bonchev–Trinajstić information content (AvgIpc) is 2.47. The third-order valence-corrected chi connectivity index (χ3v) is 1.78. The second kappa shape index (κ2) is 2.81. The van der Waals surface area contributed by atoms with Crippen molar-refractivity contribution in [1.29, 1.82) is 0 Å². The summed E-state index contributed by atoms with van der Waals surface area (Å²) in [6, 6.07) is 8.01. The molecule has 1 aromatic heterocycles. The highest BCUT2D eigenvalue weighted by Gasteiger charge is 1.97. The summed E-state index contributed by atoms with van der Waals surface area (Å²) < 4.78 is 0. The number of allylic oxidation sites excluding steroid dienone is 1. The highest BCUT2D eigenvalue weighted by molar-refractivity contribution is 5.74. The first-order chi connectivity index (χ1) is 5.90. The summed E-state index contributed by atoms with van der Waals surface area (Å²) >= 11 is 0. The van der Waals surface area contributed by atoms with Gasteiger partial charge in [0.05, 0.1) is 11.0 Å². The number of aromatic amines is 1. The zero-order valence-corrected chi connectivity index (χ0v) is 6.75. The van der Waals surface area contributed by atoms with Gasteiger partial charge in [-0.1, -0.05) is 18.2 Å². The van der Waals surface area contributed by atoms with Crippen molar-refractivity contribution in [1.82, 2.24) is 9.97 Å². The van der Waals surface area contributed by atoms with E-state index in [1.165, 1.54) is 0 Å². The molecule has 2 heteroatoms. The number of aromatic nitrogens is 2. The molecule has 12 heavy (non-hydrogen) atoms. The average molecular weight is 158 g/mol. The second-order valence-corrected chi connectivity index (χ2v) is 2.69. The molecule has 60 valence electrons. The largest absolute Gasteiger partial charge is 0.342 e. The molecule has 0 aliphatic carbocycles. The molecule has 0 atom stereocenters. The molecular weight excluding hydrogens is 148 g/mol. The van der Waals surface area contributed by atoms with Crippen LogP contribution in [0.15, 0.2) is 36.9 Å². The Balaban J connectivity index is 2.54. The molecule has 0 saturated carbocycles. The van der Waals surface area contributed by atoms with Gasteiger partial charge in [-0.2, -0.15) is 0 Å². The normalized spacial score (nSPS) is 10.3. The number of benzene rings is 1. The van der Waals surface area contributed by atoms with Gasteiger partial charge < -0.3 is 4.98 Å². The second-order valence-electron chi connectivity index (χ2n) is 2.69. The number of imidazole rings is 1. The summed E-state index contributed by atoms with van der Waals surface area (Å²) in [5, 5.41) is 0. The van der Waals surface area contributed by atoms with Gasteiger partial charge in [-0.05, 0) is 12.1 Å². The summed E-state index contributed by atoms with van der Waals surface area (Å²) in [4.78, 5) is 7.59. The summed E-state index contributed by atoms with van der Waals surface area (Å²) in [7, 11) is 0. The van der Waals surface area contributed by atoms with E-state index < -0.39 is 0 Å². The third-order valence-electron chi connectivity index (χ3n) is 1.78. The molecule has 1 N–H and O–H groups in total. The molecule has 0 radical (unpaired) electrons. The molecule has 1 aromatic carbocycles. The fraction of sp³-hybridized carbons (Fsp3) is 0.100. The maximum absolute atomic E-state index is 4.38. The Morgan fingerprint density at radius 3 is 3.00 bits per heavy atom. The van der Waals surface area contributed by atoms with Crippen LogP contribution in [0.2, 0.25) is 0 Å². The van der Waals surface area contributed by atoms with Crippen molar-refractivity contribution in [3.63, 3.8) is 0 Å². The van der Waals surface area contributed by atoms with Crippen LogP contribution in [0.3, 0.4) is 0 Å². The van der Waals surface area contributed by atoms with Crippen molar-refractivity contribution in [3.8, 4) is 0 Å². The molecule has 2 nitrogen and oxygen atoms in total. The van der Waals surface area contributed by atoms with Crippen LogP contribution in [0.5, 0.6) is 0 Å². The minimum absolute atomic E-state index is 0.800. The fourth-order valence-electron chi connectivity index (χ4n) is 1.24. The van der Waals surface area contributed by atoms with E-state index in [1.54, 1.807) is 0 Å². The van der Waals surface area contributed by atoms with Gasteiger partial charge in [-0.15, -0.1) is 6.58 Å². The van der Waals surface area contributed by atoms with E-state index in [1.807, 2.05) is 30.3 Å². The Kier molecular flexibility index (Phi) is 1.67. The molecule has 0 bridgehead atoms. The first-order valence-corrected chi connectivity index (χ1v) is 3.94. The van der Waals surface area contributed by atoms with E-state index in [2.05, 4.69) is 16.5 Å². The van der Waals surface area contributed by atoms with E-state index in [-0.39, 0.29) is 0 Å². The molecule has 0 saturated heterocycles. The van der Waals surface area contributed by atoms with Gasteiger partial charge in [0.25, 0.3) is 0 Å². The number of fused-ring (bicyclic) bond motifs is 1. The number of rotatable bonds is 2. The highest BCUT2D eigenvalue weighted by atomic mass is 14.9. The summed E-state index contributed by atoms with van der Waals surface area (Å²) in [5.74, 6) is 0.978. The van der Waals surface area contributed by atoms with Crippen molar-refractivity contribution in [2.24, 2.45) is 0 Å². The SMILES string of the molecule is C=CCc1nc2ccccc2[nH]1. The summed E-state index contributed by atoms with van der Waals surface area (Å²) in [6.07, 6.45) is 2.65. The van der Waals surface area contributed by atoms with Gasteiger partial charge in [-0.3, -0.25) is 0 Å². The van der Waals surface area contributed by atoms with Gasteiger partial charge in [0.15, 0.2) is 0 Å². The van der Waals surface area contributed by atoms with Crippen molar-refractivity contribution in [2.45, 2.75) is 6.42 Å². The lowest BCUT2D eigenvalue weighted by Crippen LogP contribution is -1.81. The Hall–Kier alpha value is -1.57. The number of hydrogen-bond donors (Lipinski definition) is 1. The summed E-state index contributed by atoms with van der Waals surface area (Å²) in [5.41, 5.74) is 2.11. The molecule has 2 rings (SSSR count). The predicted octanol–water partition coefficient (Wildman–Crippen LogP) is 2.29. The molecule has 1 heterocycles. The van der Waals surface area contributed by atoms with Crippen LogP contribution in [0.25, 0.3) is 11.0 Å². The number of nitrogens with zero attached hydrogens (tertiary/aromatic N) is 1. The topological polar surface area (TPSA) is 28.7 Å².